The number of hydrogen-bond acceptors (Lipinski definition) is 3. The molecule has 0 radical (unpaired) electrons. The van der Waals surface area contributed by atoms with E-state index in [0.717, 1.165) is 36.6 Å². The van der Waals surface area contributed by atoms with Crippen molar-refractivity contribution in [3.63, 3.8) is 0 Å². The van der Waals surface area contributed by atoms with Crippen molar-refractivity contribution in [2.24, 2.45) is 0 Å². The van der Waals surface area contributed by atoms with E-state index in [1.807, 2.05) is 4.57 Å². The zero-order chi connectivity index (χ0) is 19.6. The molecule has 0 aliphatic carbocycles. The van der Waals surface area contributed by atoms with Gasteiger partial charge in [0.15, 0.2) is 10.6 Å². The van der Waals surface area contributed by atoms with Crippen LogP contribution in [0.4, 0.5) is 5.69 Å². The Hall–Kier alpha value is -2.40. The van der Waals surface area contributed by atoms with Crippen LogP contribution in [0.25, 0.3) is 17.1 Å². The van der Waals surface area contributed by atoms with Crippen LogP contribution in [-0.2, 0) is 6.42 Å². The first-order valence-electron chi connectivity index (χ1n) is 9.63. The zero-order valence-corrected chi connectivity index (χ0v) is 17.7. The van der Waals surface area contributed by atoms with Crippen LogP contribution in [0.1, 0.15) is 37.5 Å². The molecule has 0 aliphatic heterocycles. The predicted molar refractivity (Wildman–Crippen MR) is 117 cm³/mol. The van der Waals surface area contributed by atoms with Crippen LogP contribution in [0.3, 0.4) is 0 Å². The minimum Gasteiger partial charge on any atom is -0.372 e. The lowest BCUT2D eigenvalue weighted by Gasteiger charge is -2.24. The quantitative estimate of drug-likeness (QED) is 0.564. The van der Waals surface area contributed by atoms with Crippen LogP contribution in [0, 0.1) is 18.6 Å². The number of nitrogens with one attached hydrogen (secondary N) is 1. The van der Waals surface area contributed by atoms with Gasteiger partial charge in [-0.25, -0.2) is 0 Å². The van der Waals surface area contributed by atoms with E-state index < -0.39 is 0 Å². The molecule has 1 heterocycles. The molecule has 0 saturated heterocycles. The largest absolute Gasteiger partial charge is 0.372 e. The molecule has 0 saturated carbocycles. The highest BCUT2D eigenvalue weighted by Crippen LogP contribution is 2.28. The van der Waals surface area contributed by atoms with Crippen molar-refractivity contribution in [1.82, 2.24) is 14.8 Å². The standard InChI is InChI=1S/C22H28N4S/c1-6-17-13-18(11-9-15(17)4)21-23-24-22(27)26(21)19-12-10-16(5)20(14-19)25(7-2)8-3/h9-14H,6-8H2,1-5H3,(H,24,27). The smallest absolute Gasteiger partial charge is 0.200 e. The fraction of sp³-hybridized carbons (Fsp3) is 0.364. The molecule has 0 atom stereocenters. The van der Waals surface area contributed by atoms with Gasteiger partial charge in [-0.2, -0.15) is 5.10 Å². The van der Waals surface area contributed by atoms with Gasteiger partial charge >= 0.3 is 0 Å². The van der Waals surface area contributed by atoms with Gasteiger partial charge in [0.25, 0.3) is 0 Å². The second-order valence-corrected chi connectivity index (χ2v) is 7.21. The second kappa shape index (κ2) is 8.09. The molecular weight excluding hydrogens is 352 g/mol. The molecule has 2 aromatic carbocycles. The second-order valence-electron chi connectivity index (χ2n) is 6.83. The van der Waals surface area contributed by atoms with Crippen LogP contribution in [0.5, 0.6) is 0 Å². The van der Waals surface area contributed by atoms with E-state index in [-0.39, 0.29) is 0 Å². The molecule has 0 amide bonds. The molecule has 27 heavy (non-hydrogen) atoms. The van der Waals surface area contributed by atoms with Gasteiger partial charge in [0.2, 0.25) is 0 Å². The van der Waals surface area contributed by atoms with E-state index >= 15 is 0 Å². The van der Waals surface area contributed by atoms with Crippen molar-refractivity contribution < 1.29 is 0 Å². The van der Waals surface area contributed by atoms with E-state index in [9.17, 15) is 0 Å². The van der Waals surface area contributed by atoms with Crippen molar-refractivity contribution >= 4 is 17.9 Å². The maximum Gasteiger partial charge on any atom is 0.200 e. The van der Waals surface area contributed by atoms with Gasteiger partial charge in [-0.15, -0.1) is 0 Å². The Morgan fingerprint density at radius 2 is 1.70 bits per heavy atom. The minimum absolute atomic E-state index is 0.609. The van der Waals surface area contributed by atoms with E-state index in [0.29, 0.717) is 4.77 Å². The topological polar surface area (TPSA) is 36.9 Å². The van der Waals surface area contributed by atoms with Gasteiger partial charge in [0.1, 0.15) is 0 Å². The number of H-pyrrole nitrogens is 1. The molecular formula is C22H28N4S. The van der Waals surface area contributed by atoms with Gasteiger partial charge in [-0.05, 0) is 81.2 Å². The van der Waals surface area contributed by atoms with Gasteiger partial charge in [-0.3, -0.25) is 9.67 Å². The molecule has 142 valence electrons. The molecule has 0 bridgehead atoms. The molecule has 4 nitrogen and oxygen atoms in total. The first kappa shape index (κ1) is 19.4. The Kier molecular flexibility index (Phi) is 5.80. The maximum absolute atomic E-state index is 5.57. The number of anilines is 1. The third kappa shape index (κ3) is 3.69. The van der Waals surface area contributed by atoms with Crippen molar-refractivity contribution in [3.05, 3.63) is 57.9 Å². The van der Waals surface area contributed by atoms with Crippen LogP contribution < -0.4 is 4.90 Å². The van der Waals surface area contributed by atoms with Gasteiger partial charge in [0, 0.05) is 24.3 Å². The summed E-state index contributed by atoms with van der Waals surface area (Å²) in [6.07, 6.45) is 1.00. The summed E-state index contributed by atoms with van der Waals surface area (Å²) in [5, 5.41) is 7.52. The molecule has 0 fully saturated rings. The third-order valence-electron chi connectivity index (χ3n) is 5.22. The van der Waals surface area contributed by atoms with Crippen LogP contribution in [0.2, 0.25) is 0 Å². The Morgan fingerprint density at radius 3 is 2.37 bits per heavy atom. The van der Waals surface area contributed by atoms with Crippen molar-refractivity contribution in [3.8, 4) is 17.1 Å². The average Bonchev–Trinajstić information content (AvgIpc) is 3.06. The minimum atomic E-state index is 0.609. The Balaban J connectivity index is 2.16. The highest BCUT2D eigenvalue weighted by molar-refractivity contribution is 7.71. The summed E-state index contributed by atoms with van der Waals surface area (Å²) < 4.78 is 2.64. The van der Waals surface area contributed by atoms with Crippen molar-refractivity contribution in [2.75, 3.05) is 18.0 Å². The normalized spacial score (nSPS) is 11.0. The summed E-state index contributed by atoms with van der Waals surface area (Å²) >= 11 is 5.57. The first-order chi connectivity index (χ1) is 13.0. The van der Waals surface area contributed by atoms with Gasteiger partial charge in [-0.1, -0.05) is 25.1 Å². The number of hydrogen-bond donors (Lipinski definition) is 1. The van der Waals surface area contributed by atoms with Gasteiger partial charge < -0.3 is 4.90 Å². The zero-order valence-electron chi connectivity index (χ0n) is 16.8. The van der Waals surface area contributed by atoms with E-state index in [1.165, 1.54) is 22.4 Å². The molecule has 1 aromatic heterocycles. The molecule has 5 heteroatoms. The lowest BCUT2D eigenvalue weighted by atomic mass is 10.0. The lowest BCUT2D eigenvalue weighted by molar-refractivity contribution is 0.859. The number of benzene rings is 2. The fourth-order valence-electron chi connectivity index (χ4n) is 3.56. The summed E-state index contributed by atoms with van der Waals surface area (Å²) in [6.45, 7) is 12.8. The SMILES string of the molecule is CCc1cc(-c2n[nH]c(=S)n2-c2ccc(C)c(N(CC)CC)c2)ccc1C. The maximum atomic E-state index is 5.57. The molecule has 0 unspecified atom stereocenters. The van der Waals surface area contributed by atoms with Crippen molar-refractivity contribution in [2.45, 2.75) is 41.0 Å². The predicted octanol–water partition coefficient (Wildman–Crippen LogP) is 5.62. The molecule has 0 spiro atoms. The summed E-state index contributed by atoms with van der Waals surface area (Å²) in [7, 11) is 0. The highest BCUT2D eigenvalue weighted by Gasteiger charge is 2.14. The third-order valence-corrected chi connectivity index (χ3v) is 5.49. The van der Waals surface area contributed by atoms with E-state index in [2.05, 4.69) is 86.1 Å². The number of aromatic amines is 1. The first-order valence-corrected chi connectivity index (χ1v) is 10.0. The molecule has 3 aromatic rings. The van der Waals surface area contributed by atoms with Crippen LogP contribution in [0.15, 0.2) is 36.4 Å². The van der Waals surface area contributed by atoms with E-state index in [4.69, 9.17) is 12.2 Å². The number of aryl methyl sites for hydroxylation is 3. The van der Waals surface area contributed by atoms with Crippen LogP contribution >= 0.6 is 12.2 Å². The highest BCUT2D eigenvalue weighted by atomic mass is 32.1. The fourth-order valence-corrected chi connectivity index (χ4v) is 3.80. The Labute approximate surface area is 166 Å². The Morgan fingerprint density at radius 1 is 1.00 bits per heavy atom. The van der Waals surface area contributed by atoms with Crippen molar-refractivity contribution in [1.29, 1.82) is 0 Å². The van der Waals surface area contributed by atoms with E-state index in [1.54, 1.807) is 0 Å². The Bertz CT molecular complexity index is 996. The van der Waals surface area contributed by atoms with Gasteiger partial charge in [0.05, 0.1) is 5.69 Å². The average molecular weight is 381 g/mol. The number of aromatic nitrogens is 3. The lowest BCUT2D eigenvalue weighted by Crippen LogP contribution is -2.22. The number of rotatable bonds is 6. The summed E-state index contributed by atoms with van der Waals surface area (Å²) in [4.78, 5) is 2.36. The molecule has 3 rings (SSSR count). The van der Waals surface area contributed by atoms with Crippen LogP contribution in [-0.4, -0.2) is 27.9 Å². The summed E-state index contributed by atoms with van der Waals surface area (Å²) in [5.41, 5.74) is 7.26. The molecule has 0 aliphatic rings. The molecule has 1 N–H and O–H groups in total. The summed E-state index contributed by atoms with van der Waals surface area (Å²) in [6, 6.07) is 13.0. The number of nitrogens with zero attached hydrogens (tertiary/aromatic N) is 3. The summed E-state index contributed by atoms with van der Waals surface area (Å²) in [5.74, 6) is 0.851. The monoisotopic (exact) mass is 380 g/mol.